The van der Waals surface area contributed by atoms with Crippen LogP contribution in [0.4, 0.5) is 0 Å². The Balaban J connectivity index is 4.57. The molecule has 0 heterocycles. The number of nitrogens with zero attached hydrogens (tertiary/aromatic N) is 1. The molecule has 0 spiro atoms. The van der Waals surface area contributed by atoms with Gasteiger partial charge in [-0.1, -0.05) is 0 Å². The number of hydrogen-bond donors (Lipinski definition) is 1. The van der Waals surface area contributed by atoms with E-state index in [-0.39, 0.29) is 37.9 Å². The molecule has 0 saturated heterocycles. The SMILES string of the molecule is CCOP(=O)(CCN(CCO)CCOCP(=O)(OC(C)C)OC(C)C)OCC. The zero-order chi connectivity index (χ0) is 21.6. The summed E-state index contributed by atoms with van der Waals surface area (Å²) in [6.07, 6.45) is -0.414. The maximum atomic E-state index is 12.7. The molecule has 0 aliphatic heterocycles. The van der Waals surface area contributed by atoms with Gasteiger partial charge in [0.15, 0.2) is 0 Å². The summed E-state index contributed by atoms with van der Waals surface area (Å²) in [5, 5.41) is 9.26. The van der Waals surface area contributed by atoms with Crippen molar-refractivity contribution < 1.29 is 37.1 Å². The van der Waals surface area contributed by atoms with Crippen LogP contribution in [0.15, 0.2) is 0 Å². The van der Waals surface area contributed by atoms with Crippen LogP contribution in [0.25, 0.3) is 0 Å². The quantitative estimate of drug-likeness (QED) is 0.249. The van der Waals surface area contributed by atoms with Crippen LogP contribution in [-0.4, -0.2) is 80.8 Å². The van der Waals surface area contributed by atoms with E-state index in [1.54, 1.807) is 41.5 Å². The Labute approximate surface area is 170 Å². The van der Waals surface area contributed by atoms with Crippen LogP contribution in [0.5, 0.6) is 0 Å². The van der Waals surface area contributed by atoms with Crippen molar-refractivity contribution >= 4 is 15.2 Å². The number of ether oxygens (including phenoxy) is 1. The Morgan fingerprint density at radius 2 is 1.39 bits per heavy atom. The van der Waals surface area contributed by atoms with E-state index in [1.807, 2.05) is 4.90 Å². The third kappa shape index (κ3) is 13.4. The molecule has 9 nitrogen and oxygen atoms in total. The van der Waals surface area contributed by atoms with Gasteiger partial charge in [-0.3, -0.25) is 14.0 Å². The molecule has 11 heteroatoms. The summed E-state index contributed by atoms with van der Waals surface area (Å²) in [6, 6.07) is 0. The number of aliphatic hydroxyl groups is 1. The fourth-order valence-electron chi connectivity index (χ4n) is 2.40. The monoisotopic (exact) mass is 447 g/mol. The minimum atomic E-state index is -3.34. The molecule has 0 amide bonds. The standard InChI is InChI=1S/C17H39NO8P2/c1-7-23-27(20,24-8-2)14-11-18(9-12-19)10-13-22-15-28(21,25-16(3)4)26-17(5)6/h16-17,19H,7-15H2,1-6H3. The molecule has 0 unspecified atom stereocenters. The highest BCUT2D eigenvalue weighted by Gasteiger charge is 2.28. The minimum absolute atomic E-state index is 0.0427. The molecule has 0 rings (SSSR count). The fourth-order valence-corrected chi connectivity index (χ4v) is 5.85. The van der Waals surface area contributed by atoms with E-state index >= 15 is 0 Å². The van der Waals surface area contributed by atoms with Crippen LogP contribution in [-0.2, 0) is 32.0 Å². The number of rotatable bonds is 18. The van der Waals surface area contributed by atoms with Gasteiger partial charge in [0.2, 0.25) is 0 Å². The minimum Gasteiger partial charge on any atom is -0.395 e. The van der Waals surface area contributed by atoms with Crippen LogP contribution in [0.3, 0.4) is 0 Å². The van der Waals surface area contributed by atoms with E-state index in [0.29, 0.717) is 32.8 Å². The molecule has 1 N–H and O–H groups in total. The first-order valence-corrected chi connectivity index (χ1v) is 13.3. The molecular weight excluding hydrogens is 408 g/mol. The van der Waals surface area contributed by atoms with Crippen LogP contribution in [0.2, 0.25) is 0 Å². The van der Waals surface area contributed by atoms with Gasteiger partial charge in [-0.15, -0.1) is 0 Å². The molecule has 0 saturated carbocycles. The first kappa shape index (κ1) is 28.2. The van der Waals surface area contributed by atoms with E-state index in [0.717, 1.165) is 0 Å². The van der Waals surface area contributed by atoms with Crippen molar-refractivity contribution in [2.75, 3.05) is 58.6 Å². The average Bonchev–Trinajstić information content (AvgIpc) is 2.55. The van der Waals surface area contributed by atoms with Gasteiger partial charge in [0.1, 0.15) is 6.35 Å². The zero-order valence-electron chi connectivity index (χ0n) is 18.2. The lowest BCUT2D eigenvalue weighted by molar-refractivity contribution is 0.0841. The molecule has 170 valence electrons. The summed E-state index contributed by atoms with van der Waals surface area (Å²) in [5.41, 5.74) is 0. The van der Waals surface area contributed by atoms with E-state index in [4.69, 9.17) is 22.8 Å². The highest BCUT2D eigenvalue weighted by Crippen LogP contribution is 2.50. The molecule has 0 aliphatic carbocycles. The summed E-state index contributed by atoms with van der Waals surface area (Å²) < 4.78 is 52.2. The van der Waals surface area contributed by atoms with Crippen molar-refractivity contribution in [2.24, 2.45) is 0 Å². The second-order valence-corrected chi connectivity index (χ2v) is 10.8. The molecule has 0 atom stereocenters. The summed E-state index contributed by atoms with van der Waals surface area (Å²) in [4.78, 5) is 1.89. The molecule has 0 fully saturated rings. The molecule has 0 aliphatic rings. The van der Waals surface area contributed by atoms with E-state index in [2.05, 4.69) is 0 Å². The molecule has 0 aromatic carbocycles. The second-order valence-electron chi connectivity index (χ2n) is 6.69. The topological polar surface area (TPSA) is 104 Å². The lowest BCUT2D eigenvalue weighted by Crippen LogP contribution is -2.33. The summed E-state index contributed by atoms with van der Waals surface area (Å²) in [5.74, 6) is 0. The normalized spacial score (nSPS) is 13.2. The Morgan fingerprint density at radius 1 is 0.857 bits per heavy atom. The average molecular weight is 447 g/mol. The van der Waals surface area contributed by atoms with Crippen molar-refractivity contribution in [1.82, 2.24) is 4.90 Å². The zero-order valence-corrected chi connectivity index (χ0v) is 20.0. The van der Waals surface area contributed by atoms with Gasteiger partial charge in [0.05, 0.1) is 44.8 Å². The summed E-state index contributed by atoms with van der Waals surface area (Å²) in [7, 11) is -6.48. The van der Waals surface area contributed by atoms with Gasteiger partial charge >= 0.3 is 15.2 Å². The maximum Gasteiger partial charge on any atom is 0.356 e. The molecule has 28 heavy (non-hydrogen) atoms. The Bertz CT molecular complexity index is 466. The van der Waals surface area contributed by atoms with Gasteiger partial charge in [0.25, 0.3) is 0 Å². The fraction of sp³-hybridized carbons (Fsp3) is 1.00. The number of hydrogen-bond acceptors (Lipinski definition) is 9. The van der Waals surface area contributed by atoms with Gasteiger partial charge in [-0.05, 0) is 41.5 Å². The smallest absolute Gasteiger partial charge is 0.356 e. The predicted molar refractivity (Wildman–Crippen MR) is 110 cm³/mol. The van der Waals surface area contributed by atoms with E-state index in [1.165, 1.54) is 0 Å². The first-order chi connectivity index (χ1) is 13.1. The van der Waals surface area contributed by atoms with Crippen LogP contribution >= 0.6 is 15.2 Å². The van der Waals surface area contributed by atoms with Crippen LogP contribution in [0.1, 0.15) is 41.5 Å². The highest BCUT2D eigenvalue weighted by atomic mass is 31.2. The van der Waals surface area contributed by atoms with Crippen LogP contribution in [0, 0.1) is 0 Å². The maximum absolute atomic E-state index is 12.7. The molecule has 0 aromatic heterocycles. The van der Waals surface area contributed by atoms with E-state index < -0.39 is 15.2 Å². The van der Waals surface area contributed by atoms with Gasteiger partial charge in [-0.2, -0.15) is 0 Å². The molecule has 0 aromatic rings. The lowest BCUT2D eigenvalue weighted by atomic mass is 10.5. The number of aliphatic hydroxyl groups excluding tert-OH is 1. The Kier molecular flexibility index (Phi) is 15.1. The predicted octanol–water partition coefficient (Wildman–Crippen LogP) is 3.56. The highest BCUT2D eigenvalue weighted by molar-refractivity contribution is 7.54. The summed E-state index contributed by atoms with van der Waals surface area (Å²) in [6.45, 7) is 12.8. The van der Waals surface area contributed by atoms with Crippen molar-refractivity contribution in [2.45, 2.75) is 53.8 Å². The van der Waals surface area contributed by atoms with Crippen molar-refractivity contribution in [3.63, 3.8) is 0 Å². The van der Waals surface area contributed by atoms with Crippen LogP contribution < -0.4 is 0 Å². The third-order valence-electron chi connectivity index (χ3n) is 3.30. The first-order valence-electron chi connectivity index (χ1n) is 9.84. The lowest BCUT2D eigenvalue weighted by Gasteiger charge is -2.25. The molecule has 0 radical (unpaired) electrons. The largest absolute Gasteiger partial charge is 0.395 e. The van der Waals surface area contributed by atoms with E-state index in [9.17, 15) is 14.2 Å². The van der Waals surface area contributed by atoms with Gasteiger partial charge < -0.3 is 27.9 Å². The summed E-state index contributed by atoms with van der Waals surface area (Å²) >= 11 is 0. The van der Waals surface area contributed by atoms with Gasteiger partial charge in [0, 0.05) is 19.6 Å². The third-order valence-corrected chi connectivity index (χ3v) is 7.34. The van der Waals surface area contributed by atoms with Gasteiger partial charge in [-0.25, -0.2) is 0 Å². The van der Waals surface area contributed by atoms with Crippen molar-refractivity contribution in [1.29, 1.82) is 0 Å². The Hall–Kier alpha value is 0.180. The van der Waals surface area contributed by atoms with Crippen molar-refractivity contribution in [3.8, 4) is 0 Å². The molecule has 0 bridgehead atoms. The second kappa shape index (κ2) is 15.1. The van der Waals surface area contributed by atoms with Crippen molar-refractivity contribution in [3.05, 3.63) is 0 Å². The Morgan fingerprint density at radius 3 is 1.82 bits per heavy atom. The molecular formula is C17H39NO8P2.